The number of nitrogens with two attached hydrogens (primary N) is 1. The molecule has 1 fully saturated rings. The van der Waals surface area contributed by atoms with Crippen molar-refractivity contribution in [1.29, 1.82) is 0 Å². The highest BCUT2D eigenvalue weighted by Crippen LogP contribution is 2.15. The number of unbranched alkanes of at least 4 members (excludes halogenated alkanes) is 15. The molecule has 1 aliphatic rings. The second-order valence-corrected chi connectivity index (χ2v) is 12.5. The lowest BCUT2D eigenvalue weighted by atomic mass is 10.0. The number of amides is 2. The van der Waals surface area contributed by atoms with Crippen molar-refractivity contribution in [3.63, 3.8) is 0 Å². The summed E-state index contributed by atoms with van der Waals surface area (Å²) < 4.78 is 0. The molecule has 40 heavy (non-hydrogen) atoms. The molecule has 0 aromatic rings. The number of carbonyl (C=O) groups excluding carboxylic acids is 2. The summed E-state index contributed by atoms with van der Waals surface area (Å²) in [5, 5.41) is 2.52. The summed E-state index contributed by atoms with van der Waals surface area (Å²) in [6, 6.07) is 0. The van der Waals surface area contributed by atoms with Crippen LogP contribution in [0.15, 0.2) is 0 Å². The standard InChI is InChI=1S/C18H33NO2.C18H39N/c20-17-15-13-11-9-7-5-3-1-2-4-6-8-10-12-14-16-18(21)19-17;1-2-3-4-5-6-7-8-9-10-11-12-13-14-15-16-17-18-19/h1-16H2,(H,19,20,21);2-19H2,1H3. The normalized spacial score (nSPS) is 17.1. The molecule has 3 N–H and O–H groups in total. The Morgan fingerprint density at radius 3 is 0.950 bits per heavy atom. The number of hydrogen-bond donors (Lipinski definition) is 2. The molecule has 2 amide bonds. The van der Waals surface area contributed by atoms with Crippen molar-refractivity contribution in [1.82, 2.24) is 5.32 Å². The summed E-state index contributed by atoms with van der Waals surface area (Å²) in [6.07, 6.45) is 41.1. The minimum absolute atomic E-state index is 0.0853. The van der Waals surface area contributed by atoms with Gasteiger partial charge in [-0.25, -0.2) is 0 Å². The summed E-state index contributed by atoms with van der Waals surface area (Å²) in [5.74, 6) is -0.171. The Bertz CT molecular complexity index is 479. The molecule has 0 radical (unpaired) electrons. The van der Waals surface area contributed by atoms with E-state index in [-0.39, 0.29) is 11.8 Å². The van der Waals surface area contributed by atoms with Crippen molar-refractivity contribution < 1.29 is 9.59 Å². The molecule has 1 aliphatic heterocycles. The highest BCUT2D eigenvalue weighted by atomic mass is 16.2. The first-order chi connectivity index (χ1) is 19.7. The minimum atomic E-state index is -0.0853. The van der Waals surface area contributed by atoms with Gasteiger partial charge < -0.3 is 5.73 Å². The molecule has 0 spiro atoms. The molecule has 4 heteroatoms. The van der Waals surface area contributed by atoms with Crippen LogP contribution in [0.2, 0.25) is 0 Å². The van der Waals surface area contributed by atoms with Crippen molar-refractivity contribution in [2.45, 2.75) is 212 Å². The van der Waals surface area contributed by atoms with Gasteiger partial charge in [-0.15, -0.1) is 0 Å². The van der Waals surface area contributed by atoms with Gasteiger partial charge in [0.1, 0.15) is 0 Å². The van der Waals surface area contributed by atoms with E-state index in [4.69, 9.17) is 5.73 Å². The summed E-state index contributed by atoms with van der Waals surface area (Å²) in [4.78, 5) is 23.2. The molecule has 4 nitrogen and oxygen atoms in total. The quantitative estimate of drug-likeness (QED) is 0.145. The minimum Gasteiger partial charge on any atom is -0.330 e. The van der Waals surface area contributed by atoms with E-state index in [1.54, 1.807) is 0 Å². The molecule has 1 heterocycles. The Kier molecular flexibility index (Phi) is 33.5. The fraction of sp³-hybridized carbons (Fsp3) is 0.944. The van der Waals surface area contributed by atoms with Gasteiger partial charge in [-0.3, -0.25) is 14.9 Å². The number of nitrogens with one attached hydrogen (secondary N) is 1. The monoisotopic (exact) mass is 565 g/mol. The highest BCUT2D eigenvalue weighted by molar-refractivity contribution is 5.95. The van der Waals surface area contributed by atoms with Gasteiger partial charge in [-0.1, -0.05) is 180 Å². The van der Waals surface area contributed by atoms with Gasteiger partial charge in [-0.2, -0.15) is 0 Å². The molecular weight excluding hydrogens is 492 g/mol. The Balaban J connectivity index is 0.000000765. The van der Waals surface area contributed by atoms with Crippen LogP contribution in [0.5, 0.6) is 0 Å². The largest absolute Gasteiger partial charge is 0.330 e. The van der Waals surface area contributed by atoms with Crippen molar-refractivity contribution in [2.75, 3.05) is 6.54 Å². The van der Waals surface area contributed by atoms with Crippen LogP contribution in [-0.2, 0) is 9.59 Å². The Morgan fingerprint density at radius 1 is 0.425 bits per heavy atom. The van der Waals surface area contributed by atoms with Crippen LogP contribution >= 0.6 is 0 Å². The number of carbonyl (C=O) groups is 2. The molecule has 0 aromatic carbocycles. The van der Waals surface area contributed by atoms with Gasteiger partial charge in [-0.05, 0) is 25.8 Å². The molecular formula is C36H72N2O2. The van der Waals surface area contributed by atoms with Crippen molar-refractivity contribution >= 4 is 11.8 Å². The molecule has 0 atom stereocenters. The predicted molar refractivity (Wildman–Crippen MR) is 176 cm³/mol. The van der Waals surface area contributed by atoms with Gasteiger partial charge in [0.05, 0.1) is 0 Å². The van der Waals surface area contributed by atoms with E-state index in [0.29, 0.717) is 12.8 Å². The Labute approximate surface area is 251 Å². The first-order valence-electron chi connectivity index (χ1n) is 18.2. The summed E-state index contributed by atoms with van der Waals surface area (Å²) in [6.45, 7) is 3.16. The van der Waals surface area contributed by atoms with Gasteiger partial charge >= 0.3 is 0 Å². The van der Waals surface area contributed by atoms with Crippen LogP contribution in [-0.4, -0.2) is 18.4 Å². The van der Waals surface area contributed by atoms with E-state index in [1.165, 1.54) is 167 Å². The first kappa shape index (κ1) is 39.1. The lowest BCUT2D eigenvalue weighted by Gasteiger charge is -2.04. The number of imide groups is 1. The Hall–Kier alpha value is -0.900. The lowest BCUT2D eigenvalue weighted by Crippen LogP contribution is -2.29. The van der Waals surface area contributed by atoms with Crippen molar-refractivity contribution in [2.24, 2.45) is 5.73 Å². The number of hydrogen-bond acceptors (Lipinski definition) is 3. The fourth-order valence-electron chi connectivity index (χ4n) is 5.67. The second kappa shape index (κ2) is 34.3. The van der Waals surface area contributed by atoms with Crippen LogP contribution in [0.1, 0.15) is 212 Å². The highest BCUT2D eigenvalue weighted by Gasteiger charge is 2.07. The van der Waals surface area contributed by atoms with Gasteiger partial charge in [0.15, 0.2) is 0 Å². The molecule has 0 saturated carbocycles. The summed E-state index contributed by atoms with van der Waals surface area (Å²) >= 11 is 0. The van der Waals surface area contributed by atoms with Crippen LogP contribution in [0.4, 0.5) is 0 Å². The van der Waals surface area contributed by atoms with E-state index >= 15 is 0 Å². The van der Waals surface area contributed by atoms with Crippen molar-refractivity contribution in [3.8, 4) is 0 Å². The molecule has 1 saturated heterocycles. The van der Waals surface area contributed by atoms with Gasteiger partial charge in [0.25, 0.3) is 0 Å². The second-order valence-electron chi connectivity index (χ2n) is 12.5. The SMILES string of the molecule is CCCCCCCCCCCCCCCCCCN.O=C1CCCCCCCCCCCCCCCCC(=O)N1. The maximum atomic E-state index is 11.6. The van der Waals surface area contributed by atoms with Gasteiger partial charge in [0, 0.05) is 12.8 Å². The van der Waals surface area contributed by atoms with E-state index in [1.807, 2.05) is 0 Å². The summed E-state index contributed by atoms with van der Waals surface area (Å²) in [5.41, 5.74) is 5.48. The third-order valence-electron chi connectivity index (χ3n) is 8.39. The molecule has 0 aromatic heterocycles. The van der Waals surface area contributed by atoms with E-state index in [0.717, 1.165) is 32.2 Å². The molecule has 1 rings (SSSR count). The topological polar surface area (TPSA) is 72.2 Å². The van der Waals surface area contributed by atoms with Crippen molar-refractivity contribution in [3.05, 3.63) is 0 Å². The first-order valence-corrected chi connectivity index (χ1v) is 18.2. The summed E-state index contributed by atoms with van der Waals surface area (Å²) in [7, 11) is 0. The van der Waals surface area contributed by atoms with E-state index in [9.17, 15) is 9.59 Å². The Morgan fingerprint density at radius 2 is 0.675 bits per heavy atom. The molecule has 0 aliphatic carbocycles. The average molecular weight is 565 g/mol. The van der Waals surface area contributed by atoms with Crippen LogP contribution in [0, 0.1) is 0 Å². The van der Waals surface area contributed by atoms with Crippen LogP contribution < -0.4 is 11.1 Å². The van der Waals surface area contributed by atoms with Crippen LogP contribution in [0.25, 0.3) is 0 Å². The van der Waals surface area contributed by atoms with E-state index in [2.05, 4.69) is 12.2 Å². The maximum Gasteiger partial charge on any atom is 0.226 e. The lowest BCUT2D eigenvalue weighted by molar-refractivity contribution is -0.130. The van der Waals surface area contributed by atoms with E-state index < -0.39 is 0 Å². The molecule has 0 unspecified atom stereocenters. The number of rotatable bonds is 16. The predicted octanol–water partition coefficient (Wildman–Crippen LogP) is 11.1. The zero-order chi connectivity index (χ0) is 29.2. The average Bonchev–Trinajstić information content (AvgIpc) is 2.95. The molecule has 238 valence electrons. The maximum absolute atomic E-state index is 11.6. The van der Waals surface area contributed by atoms with Crippen LogP contribution in [0.3, 0.4) is 0 Å². The van der Waals surface area contributed by atoms with Gasteiger partial charge in [0.2, 0.25) is 11.8 Å². The third kappa shape index (κ3) is 33.3. The fourth-order valence-corrected chi connectivity index (χ4v) is 5.67. The zero-order valence-electron chi connectivity index (χ0n) is 27.2. The smallest absolute Gasteiger partial charge is 0.226 e. The molecule has 0 bridgehead atoms. The zero-order valence-corrected chi connectivity index (χ0v) is 27.2. The third-order valence-corrected chi connectivity index (χ3v) is 8.39.